The molecule has 1 unspecified atom stereocenters. The molecule has 0 aliphatic heterocycles. The van der Waals surface area contributed by atoms with E-state index in [0.29, 0.717) is 11.3 Å². The molecule has 0 aromatic rings. The van der Waals surface area contributed by atoms with Crippen molar-refractivity contribution in [3.8, 4) is 11.8 Å². The Morgan fingerprint density at radius 3 is 3.21 bits per heavy atom. The van der Waals surface area contributed by atoms with Crippen LogP contribution in [0, 0.1) is 23.2 Å². The number of unbranched alkanes of at least 4 members (excludes halogenated alkanes) is 1. The maximum Gasteiger partial charge on any atom is 0.0314 e. The molecule has 2 aliphatic carbocycles. The summed E-state index contributed by atoms with van der Waals surface area (Å²) >= 11 is 2.51. The van der Waals surface area contributed by atoms with Gasteiger partial charge < -0.3 is 0 Å². The molecule has 0 nitrogen and oxygen atoms in total. The molecular weight excluding hydrogens is 283 g/mol. The Kier molecular flexibility index (Phi) is 2.74. The fraction of sp³-hybridized carbons (Fsp3) is 0.538. The van der Waals surface area contributed by atoms with Crippen LogP contribution in [0.4, 0.5) is 0 Å². The van der Waals surface area contributed by atoms with Crippen molar-refractivity contribution in [3.05, 3.63) is 21.8 Å². The van der Waals surface area contributed by atoms with Gasteiger partial charge in [0, 0.05) is 20.5 Å². The topological polar surface area (TPSA) is 0 Å². The summed E-state index contributed by atoms with van der Waals surface area (Å²) in [6, 6.07) is 0. The zero-order valence-electron chi connectivity index (χ0n) is 8.57. The van der Waals surface area contributed by atoms with Crippen LogP contribution in [-0.2, 0) is 0 Å². The zero-order chi connectivity index (χ0) is 10.2. The van der Waals surface area contributed by atoms with Gasteiger partial charge in [-0.2, -0.15) is 0 Å². The largest absolute Gasteiger partial charge is 0.103 e. The van der Waals surface area contributed by atoms with Crippen molar-refractivity contribution < 1.29 is 0 Å². The number of hydrogen-bond donors (Lipinski definition) is 0. The average Bonchev–Trinajstić information content (AvgIpc) is 2.84. The van der Waals surface area contributed by atoms with Crippen LogP contribution in [0.15, 0.2) is 21.8 Å². The lowest BCUT2D eigenvalue weighted by Gasteiger charge is -2.15. The van der Waals surface area contributed by atoms with Gasteiger partial charge in [0.15, 0.2) is 0 Å². The van der Waals surface area contributed by atoms with Gasteiger partial charge in [0.2, 0.25) is 0 Å². The molecule has 2 aliphatic rings. The second-order valence-electron chi connectivity index (χ2n) is 4.42. The van der Waals surface area contributed by atoms with Crippen molar-refractivity contribution in [2.45, 2.75) is 32.6 Å². The van der Waals surface area contributed by atoms with Crippen molar-refractivity contribution in [2.24, 2.45) is 11.3 Å². The maximum atomic E-state index is 3.75. The molecule has 0 heterocycles. The Morgan fingerprint density at radius 1 is 1.71 bits per heavy atom. The van der Waals surface area contributed by atoms with Crippen molar-refractivity contribution in [2.75, 3.05) is 0 Å². The molecule has 0 spiro atoms. The lowest BCUT2D eigenvalue weighted by molar-refractivity contribution is 0.680. The van der Waals surface area contributed by atoms with Crippen molar-refractivity contribution in [3.63, 3.8) is 0 Å². The number of hydrogen-bond acceptors (Lipinski definition) is 0. The fourth-order valence-electron chi connectivity index (χ4n) is 1.99. The molecular formula is C13H15I. The van der Waals surface area contributed by atoms with Crippen LogP contribution in [0.2, 0.25) is 0 Å². The Bertz CT molecular complexity index is 353. The van der Waals surface area contributed by atoms with E-state index in [4.69, 9.17) is 0 Å². The molecule has 1 heteroatoms. The Balaban J connectivity index is 2.06. The highest BCUT2D eigenvalue weighted by molar-refractivity contribution is 14.1. The van der Waals surface area contributed by atoms with Crippen LogP contribution in [0.1, 0.15) is 32.6 Å². The van der Waals surface area contributed by atoms with E-state index in [-0.39, 0.29) is 0 Å². The second kappa shape index (κ2) is 3.73. The average molecular weight is 298 g/mol. The molecule has 1 fully saturated rings. The summed E-state index contributed by atoms with van der Waals surface area (Å²) in [6.07, 6.45) is 6.71. The van der Waals surface area contributed by atoms with E-state index in [1.807, 2.05) is 6.08 Å². The van der Waals surface area contributed by atoms with Crippen LogP contribution < -0.4 is 0 Å². The fourth-order valence-corrected chi connectivity index (χ4v) is 2.99. The molecule has 0 saturated heterocycles. The lowest BCUT2D eigenvalue weighted by Crippen LogP contribution is -2.03. The summed E-state index contributed by atoms with van der Waals surface area (Å²) in [5, 5.41) is 0. The van der Waals surface area contributed by atoms with Crippen molar-refractivity contribution >= 4 is 22.6 Å². The zero-order valence-corrected chi connectivity index (χ0v) is 10.7. The molecule has 0 bridgehead atoms. The monoisotopic (exact) mass is 298 g/mol. The Morgan fingerprint density at radius 2 is 2.50 bits per heavy atom. The quantitative estimate of drug-likeness (QED) is 0.317. The van der Waals surface area contributed by atoms with E-state index < -0.39 is 0 Å². The standard InChI is InChI=1S/C13H15I/c1-3-4-5-6-10-7-8-11-9-13(11,2)12(10)14/h3,11H,1,4-6,9H2,2H3/t11?,13-/m0/s1. The molecule has 74 valence electrons. The van der Waals surface area contributed by atoms with Crippen LogP contribution in [0.25, 0.3) is 0 Å². The van der Waals surface area contributed by atoms with Crippen LogP contribution in [0.3, 0.4) is 0 Å². The predicted octanol–water partition coefficient (Wildman–Crippen LogP) is 4.08. The SMILES string of the molecule is C=CCCCC1=C(I)[C@@]2(C)CC2C#C1. The van der Waals surface area contributed by atoms with Gasteiger partial charge in [0.25, 0.3) is 0 Å². The van der Waals surface area contributed by atoms with Gasteiger partial charge in [-0.1, -0.05) is 24.8 Å². The molecule has 0 amide bonds. The van der Waals surface area contributed by atoms with Gasteiger partial charge in [0.05, 0.1) is 0 Å². The minimum atomic E-state index is 0.440. The highest BCUT2D eigenvalue weighted by Gasteiger charge is 2.53. The molecule has 2 atom stereocenters. The third-order valence-corrected chi connectivity index (χ3v) is 5.12. The van der Waals surface area contributed by atoms with E-state index in [1.54, 1.807) is 0 Å². The van der Waals surface area contributed by atoms with E-state index in [9.17, 15) is 0 Å². The van der Waals surface area contributed by atoms with E-state index in [0.717, 1.165) is 12.8 Å². The summed E-state index contributed by atoms with van der Waals surface area (Å²) in [5.41, 5.74) is 1.83. The molecule has 14 heavy (non-hydrogen) atoms. The molecule has 2 rings (SSSR count). The third-order valence-electron chi connectivity index (χ3n) is 3.24. The number of halogens is 1. The normalized spacial score (nSPS) is 33.1. The van der Waals surface area contributed by atoms with Crippen LogP contribution in [0.5, 0.6) is 0 Å². The van der Waals surface area contributed by atoms with Gasteiger partial charge in [0.1, 0.15) is 0 Å². The highest BCUT2D eigenvalue weighted by atomic mass is 127. The van der Waals surface area contributed by atoms with Gasteiger partial charge in [-0.05, 0) is 48.3 Å². The number of fused-ring (bicyclic) bond motifs is 1. The second-order valence-corrected chi connectivity index (χ2v) is 5.50. The van der Waals surface area contributed by atoms with Crippen molar-refractivity contribution in [1.82, 2.24) is 0 Å². The molecule has 0 aromatic carbocycles. The van der Waals surface area contributed by atoms with E-state index in [2.05, 4.69) is 47.9 Å². The van der Waals surface area contributed by atoms with Crippen LogP contribution >= 0.6 is 22.6 Å². The predicted molar refractivity (Wildman–Crippen MR) is 69.1 cm³/mol. The first-order chi connectivity index (χ1) is 6.68. The smallest absolute Gasteiger partial charge is 0.0314 e. The number of allylic oxidation sites excluding steroid dienone is 3. The van der Waals surface area contributed by atoms with Gasteiger partial charge in [-0.3, -0.25) is 0 Å². The number of rotatable bonds is 4. The third kappa shape index (κ3) is 1.65. The van der Waals surface area contributed by atoms with Gasteiger partial charge in [-0.25, -0.2) is 0 Å². The maximum absolute atomic E-state index is 3.75. The first-order valence-electron chi connectivity index (χ1n) is 5.20. The summed E-state index contributed by atoms with van der Waals surface area (Å²) in [6.45, 7) is 6.09. The Hall–Kier alpha value is -0.230. The first-order valence-corrected chi connectivity index (χ1v) is 6.28. The van der Waals surface area contributed by atoms with Crippen LogP contribution in [-0.4, -0.2) is 0 Å². The summed E-state index contributed by atoms with van der Waals surface area (Å²) < 4.78 is 1.53. The minimum Gasteiger partial charge on any atom is -0.103 e. The highest BCUT2D eigenvalue weighted by Crippen LogP contribution is 2.61. The molecule has 0 aromatic heterocycles. The first kappa shape index (κ1) is 10.3. The molecule has 0 radical (unpaired) electrons. The molecule has 0 N–H and O–H groups in total. The summed E-state index contributed by atoms with van der Waals surface area (Å²) in [5.74, 6) is 7.36. The van der Waals surface area contributed by atoms with Gasteiger partial charge >= 0.3 is 0 Å². The van der Waals surface area contributed by atoms with E-state index in [1.165, 1.54) is 22.0 Å². The molecule has 1 saturated carbocycles. The minimum absolute atomic E-state index is 0.440. The summed E-state index contributed by atoms with van der Waals surface area (Å²) in [7, 11) is 0. The van der Waals surface area contributed by atoms with Gasteiger partial charge in [-0.15, -0.1) is 6.58 Å². The van der Waals surface area contributed by atoms with Crippen molar-refractivity contribution in [1.29, 1.82) is 0 Å². The Labute approximate surface area is 100.0 Å². The van der Waals surface area contributed by atoms with E-state index >= 15 is 0 Å². The lowest BCUT2D eigenvalue weighted by atomic mass is 9.96. The summed E-state index contributed by atoms with van der Waals surface area (Å²) in [4.78, 5) is 0.